The molecule has 1 N–H and O–H groups in total. The average molecular weight is 272 g/mol. The van der Waals surface area contributed by atoms with E-state index in [1.165, 1.54) is 6.07 Å². The number of hydrogen-bond acceptors (Lipinski definition) is 5. The molecule has 0 atom stereocenters. The van der Waals surface area contributed by atoms with Gasteiger partial charge >= 0.3 is 5.97 Å². The molecule has 2 heterocycles. The van der Waals surface area contributed by atoms with Crippen LogP contribution in [-0.2, 0) is 13.1 Å². The third kappa shape index (κ3) is 2.22. The summed E-state index contributed by atoms with van der Waals surface area (Å²) in [5.41, 5.74) is 1.31. The van der Waals surface area contributed by atoms with Crippen molar-refractivity contribution >= 4 is 17.0 Å². The molecule has 102 valence electrons. The highest BCUT2D eigenvalue weighted by atomic mass is 16.4. The molecule has 0 fully saturated rings. The maximum atomic E-state index is 11.1. The van der Waals surface area contributed by atoms with Crippen LogP contribution in [0.3, 0.4) is 0 Å². The standard InChI is InChI=1S/C12H12N6O2/c19-12(20)9-3-1-4-10-11(9)14-16-18(10)7-2-6-17-8-5-13-15-17/h1,3-5,8H,2,6-7H2,(H,19,20). The molecule has 8 heteroatoms. The third-order valence-corrected chi connectivity index (χ3v) is 3.00. The predicted molar refractivity (Wildman–Crippen MR) is 69.1 cm³/mol. The van der Waals surface area contributed by atoms with Crippen LogP contribution in [0.1, 0.15) is 16.8 Å². The second kappa shape index (κ2) is 5.08. The van der Waals surface area contributed by atoms with Gasteiger partial charge in [0.1, 0.15) is 5.52 Å². The normalized spacial score (nSPS) is 11.0. The number of carboxylic acid groups (broad SMARTS) is 1. The predicted octanol–water partition coefficient (Wildman–Crippen LogP) is 0.811. The molecule has 0 spiro atoms. The fraction of sp³-hybridized carbons (Fsp3) is 0.250. The van der Waals surface area contributed by atoms with E-state index < -0.39 is 5.97 Å². The molecular weight excluding hydrogens is 260 g/mol. The Morgan fingerprint density at radius 3 is 2.90 bits per heavy atom. The molecule has 0 amide bonds. The van der Waals surface area contributed by atoms with Gasteiger partial charge in [0.05, 0.1) is 17.3 Å². The number of aryl methyl sites for hydroxylation is 2. The molecule has 0 saturated heterocycles. The fourth-order valence-corrected chi connectivity index (χ4v) is 2.06. The maximum absolute atomic E-state index is 11.1. The first-order chi connectivity index (χ1) is 9.75. The number of fused-ring (bicyclic) bond motifs is 1. The monoisotopic (exact) mass is 272 g/mol. The van der Waals surface area contributed by atoms with E-state index in [1.54, 1.807) is 27.8 Å². The van der Waals surface area contributed by atoms with Crippen LogP contribution in [0.25, 0.3) is 11.0 Å². The van der Waals surface area contributed by atoms with Crippen LogP contribution in [-0.4, -0.2) is 41.1 Å². The van der Waals surface area contributed by atoms with E-state index in [-0.39, 0.29) is 5.56 Å². The van der Waals surface area contributed by atoms with Gasteiger partial charge in [0.15, 0.2) is 0 Å². The van der Waals surface area contributed by atoms with Crippen LogP contribution >= 0.6 is 0 Å². The third-order valence-electron chi connectivity index (χ3n) is 3.00. The Balaban J connectivity index is 1.79. The van der Waals surface area contributed by atoms with Crippen molar-refractivity contribution in [1.82, 2.24) is 30.0 Å². The molecule has 2 aromatic heterocycles. The SMILES string of the molecule is O=C(O)c1cccc2c1nnn2CCCn1ccnn1. The molecule has 0 aliphatic rings. The number of hydrogen-bond donors (Lipinski definition) is 1. The Kier molecular flexibility index (Phi) is 3.12. The van der Waals surface area contributed by atoms with Gasteiger partial charge in [-0.05, 0) is 18.6 Å². The van der Waals surface area contributed by atoms with Crippen molar-refractivity contribution in [2.45, 2.75) is 19.5 Å². The van der Waals surface area contributed by atoms with Crippen molar-refractivity contribution in [2.24, 2.45) is 0 Å². The van der Waals surface area contributed by atoms with Crippen molar-refractivity contribution in [3.63, 3.8) is 0 Å². The lowest BCUT2D eigenvalue weighted by atomic mass is 10.2. The summed E-state index contributed by atoms with van der Waals surface area (Å²) in [6.45, 7) is 1.36. The Morgan fingerprint density at radius 2 is 2.15 bits per heavy atom. The maximum Gasteiger partial charge on any atom is 0.338 e. The first-order valence-electron chi connectivity index (χ1n) is 6.15. The van der Waals surface area contributed by atoms with E-state index in [9.17, 15) is 4.79 Å². The van der Waals surface area contributed by atoms with Gasteiger partial charge in [-0.2, -0.15) is 0 Å². The number of carbonyl (C=O) groups is 1. The molecule has 8 nitrogen and oxygen atoms in total. The van der Waals surface area contributed by atoms with Gasteiger partial charge in [-0.3, -0.25) is 4.68 Å². The minimum Gasteiger partial charge on any atom is -0.478 e. The van der Waals surface area contributed by atoms with E-state index in [4.69, 9.17) is 5.11 Å². The fourth-order valence-electron chi connectivity index (χ4n) is 2.06. The number of benzene rings is 1. The summed E-state index contributed by atoms with van der Waals surface area (Å²) >= 11 is 0. The summed E-state index contributed by atoms with van der Waals surface area (Å²) in [6.07, 6.45) is 4.23. The molecule has 20 heavy (non-hydrogen) atoms. The van der Waals surface area contributed by atoms with Crippen LogP contribution in [0, 0.1) is 0 Å². The van der Waals surface area contributed by atoms with E-state index >= 15 is 0 Å². The van der Waals surface area contributed by atoms with Gasteiger partial charge in [0.25, 0.3) is 0 Å². The first kappa shape index (κ1) is 12.3. The van der Waals surface area contributed by atoms with Crippen molar-refractivity contribution in [2.75, 3.05) is 0 Å². The zero-order chi connectivity index (χ0) is 13.9. The zero-order valence-electron chi connectivity index (χ0n) is 10.5. The van der Waals surface area contributed by atoms with Crippen LogP contribution < -0.4 is 0 Å². The topological polar surface area (TPSA) is 98.7 Å². The van der Waals surface area contributed by atoms with Crippen molar-refractivity contribution in [3.05, 3.63) is 36.2 Å². The highest BCUT2D eigenvalue weighted by Gasteiger charge is 2.13. The highest BCUT2D eigenvalue weighted by molar-refractivity contribution is 6.00. The minimum atomic E-state index is -0.995. The molecule has 3 aromatic rings. The molecular formula is C12H12N6O2. The van der Waals surface area contributed by atoms with E-state index in [0.717, 1.165) is 18.5 Å². The smallest absolute Gasteiger partial charge is 0.338 e. The molecule has 0 radical (unpaired) electrons. The Hall–Kier alpha value is -2.77. The summed E-state index contributed by atoms with van der Waals surface area (Å²) in [5, 5.41) is 24.7. The molecule has 0 aliphatic heterocycles. The van der Waals surface area contributed by atoms with Gasteiger partial charge in [-0.25, -0.2) is 9.48 Å². The number of aromatic nitrogens is 6. The van der Waals surface area contributed by atoms with E-state index in [1.807, 2.05) is 6.07 Å². The second-order valence-electron chi connectivity index (χ2n) is 4.31. The van der Waals surface area contributed by atoms with Crippen molar-refractivity contribution in [3.8, 4) is 0 Å². The lowest BCUT2D eigenvalue weighted by Crippen LogP contribution is -2.06. The molecule has 0 unspecified atom stereocenters. The van der Waals surface area contributed by atoms with Gasteiger partial charge in [0, 0.05) is 19.3 Å². The number of nitrogens with zero attached hydrogens (tertiary/aromatic N) is 6. The first-order valence-corrected chi connectivity index (χ1v) is 6.15. The highest BCUT2D eigenvalue weighted by Crippen LogP contribution is 2.16. The van der Waals surface area contributed by atoms with Crippen LogP contribution in [0.2, 0.25) is 0 Å². The van der Waals surface area contributed by atoms with E-state index in [0.29, 0.717) is 12.1 Å². The second-order valence-corrected chi connectivity index (χ2v) is 4.31. The molecule has 1 aromatic carbocycles. The molecule has 0 aliphatic carbocycles. The minimum absolute atomic E-state index is 0.171. The quantitative estimate of drug-likeness (QED) is 0.738. The van der Waals surface area contributed by atoms with Gasteiger partial charge in [0.2, 0.25) is 0 Å². The summed E-state index contributed by atoms with van der Waals surface area (Å²) in [6, 6.07) is 5.04. The Morgan fingerprint density at radius 1 is 1.25 bits per heavy atom. The average Bonchev–Trinajstić information content (AvgIpc) is 3.08. The number of aromatic carboxylic acids is 1. The van der Waals surface area contributed by atoms with Gasteiger partial charge in [-0.15, -0.1) is 10.2 Å². The largest absolute Gasteiger partial charge is 0.478 e. The lowest BCUT2D eigenvalue weighted by molar-refractivity contribution is 0.0699. The van der Waals surface area contributed by atoms with Crippen LogP contribution in [0.4, 0.5) is 0 Å². The van der Waals surface area contributed by atoms with Crippen molar-refractivity contribution in [1.29, 1.82) is 0 Å². The van der Waals surface area contributed by atoms with E-state index in [2.05, 4.69) is 20.6 Å². The lowest BCUT2D eigenvalue weighted by Gasteiger charge is -2.02. The van der Waals surface area contributed by atoms with Gasteiger partial charge < -0.3 is 5.11 Å². The summed E-state index contributed by atoms with van der Waals surface area (Å²) < 4.78 is 3.44. The molecule has 0 bridgehead atoms. The van der Waals surface area contributed by atoms with Crippen molar-refractivity contribution < 1.29 is 9.90 Å². The summed E-state index contributed by atoms with van der Waals surface area (Å²) in [5.74, 6) is -0.995. The van der Waals surface area contributed by atoms with Crippen LogP contribution in [0.15, 0.2) is 30.6 Å². The number of carboxylic acids is 1. The molecule has 3 rings (SSSR count). The number of rotatable bonds is 5. The summed E-state index contributed by atoms with van der Waals surface area (Å²) in [4.78, 5) is 11.1. The summed E-state index contributed by atoms with van der Waals surface area (Å²) in [7, 11) is 0. The van der Waals surface area contributed by atoms with Crippen LogP contribution in [0.5, 0.6) is 0 Å². The Labute approximate surface area is 113 Å². The Bertz CT molecular complexity index is 734. The zero-order valence-corrected chi connectivity index (χ0v) is 10.5. The molecule has 0 saturated carbocycles. The van der Waals surface area contributed by atoms with Gasteiger partial charge in [-0.1, -0.05) is 16.5 Å².